The van der Waals surface area contributed by atoms with Gasteiger partial charge in [0.1, 0.15) is 0 Å². The highest BCUT2D eigenvalue weighted by atomic mass is 35.5. The van der Waals surface area contributed by atoms with Gasteiger partial charge < -0.3 is 18.9 Å². The first-order valence-electron chi connectivity index (χ1n) is 8.12. The van der Waals surface area contributed by atoms with E-state index >= 15 is 0 Å². The number of imide groups is 1. The van der Waals surface area contributed by atoms with E-state index in [1.807, 2.05) is 19.2 Å². The molecule has 0 spiro atoms. The topological polar surface area (TPSA) is 100 Å². The molecular formula is C18H22ClNO7. The number of halogens is 1. The van der Waals surface area contributed by atoms with Gasteiger partial charge >= 0.3 is 12.1 Å². The number of hydrogen-bond donors (Lipinski definition) is 1. The SMILES string of the molecule is CCOC(=O)NC(=O)COC(=O)/C=C/c1cc(Cl)c(OC(C)C)c(OC)c1. The van der Waals surface area contributed by atoms with Crippen LogP contribution in [0.4, 0.5) is 4.79 Å². The summed E-state index contributed by atoms with van der Waals surface area (Å²) in [5.41, 5.74) is 0.570. The summed E-state index contributed by atoms with van der Waals surface area (Å²) in [6, 6.07) is 3.24. The number of alkyl carbamates (subject to hydrolysis) is 1. The van der Waals surface area contributed by atoms with Gasteiger partial charge in [0.25, 0.3) is 5.91 Å². The molecule has 0 atom stereocenters. The van der Waals surface area contributed by atoms with E-state index in [4.69, 9.17) is 25.8 Å². The maximum Gasteiger partial charge on any atom is 0.413 e. The minimum absolute atomic E-state index is 0.0893. The number of ether oxygens (including phenoxy) is 4. The zero-order chi connectivity index (χ0) is 20.4. The van der Waals surface area contributed by atoms with E-state index in [1.165, 1.54) is 13.2 Å². The van der Waals surface area contributed by atoms with Crippen LogP contribution in [0.3, 0.4) is 0 Å². The van der Waals surface area contributed by atoms with Crippen molar-refractivity contribution >= 4 is 35.6 Å². The molecule has 0 unspecified atom stereocenters. The molecule has 0 heterocycles. The summed E-state index contributed by atoms with van der Waals surface area (Å²) in [5.74, 6) is -0.746. The zero-order valence-corrected chi connectivity index (χ0v) is 16.3. The molecule has 0 aliphatic rings. The summed E-state index contributed by atoms with van der Waals surface area (Å²) in [4.78, 5) is 34.1. The maximum absolute atomic E-state index is 11.7. The lowest BCUT2D eigenvalue weighted by atomic mass is 10.2. The summed E-state index contributed by atoms with van der Waals surface area (Å²) in [6.45, 7) is 4.81. The van der Waals surface area contributed by atoms with Gasteiger partial charge in [-0.25, -0.2) is 9.59 Å². The molecule has 0 bridgehead atoms. The molecule has 0 aromatic heterocycles. The monoisotopic (exact) mass is 399 g/mol. The molecule has 2 amide bonds. The van der Waals surface area contributed by atoms with E-state index in [9.17, 15) is 14.4 Å². The number of carbonyl (C=O) groups excluding carboxylic acids is 3. The van der Waals surface area contributed by atoms with Gasteiger partial charge in [-0.05, 0) is 44.5 Å². The van der Waals surface area contributed by atoms with E-state index in [1.54, 1.807) is 19.1 Å². The fourth-order valence-corrected chi connectivity index (χ4v) is 2.12. The molecule has 0 radical (unpaired) electrons. The van der Waals surface area contributed by atoms with Gasteiger partial charge in [0.05, 0.1) is 24.8 Å². The van der Waals surface area contributed by atoms with Crippen molar-refractivity contribution in [1.29, 1.82) is 0 Å². The molecule has 0 saturated heterocycles. The van der Waals surface area contributed by atoms with E-state index in [2.05, 4.69) is 4.74 Å². The number of hydrogen-bond acceptors (Lipinski definition) is 7. The first-order valence-corrected chi connectivity index (χ1v) is 8.50. The largest absolute Gasteiger partial charge is 0.493 e. The Bertz CT molecular complexity index is 716. The number of benzene rings is 1. The van der Waals surface area contributed by atoms with Crippen molar-refractivity contribution in [1.82, 2.24) is 5.32 Å². The summed E-state index contributed by atoms with van der Waals surface area (Å²) in [7, 11) is 1.47. The van der Waals surface area contributed by atoms with Crippen molar-refractivity contribution in [2.75, 3.05) is 20.3 Å². The molecular weight excluding hydrogens is 378 g/mol. The Morgan fingerprint density at radius 3 is 2.52 bits per heavy atom. The van der Waals surface area contributed by atoms with Crippen LogP contribution in [0, 0.1) is 0 Å². The predicted molar refractivity (Wildman–Crippen MR) is 98.9 cm³/mol. The molecule has 0 aliphatic carbocycles. The summed E-state index contributed by atoms with van der Waals surface area (Å²) < 4.78 is 20.1. The summed E-state index contributed by atoms with van der Waals surface area (Å²) in [6.07, 6.45) is 1.57. The predicted octanol–water partition coefficient (Wildman–Crippen LogP) is 2.96. The lowest BCUT2D eigenvalue weighted by Crippen LogP contribution is -2.34. The molecule has 8 nitrogen and oxygen atoms in total. The zero-order valence-electron chi connectivity index (χ0n) is 15.5. The number of esters is 1. The lowest BCUT2D eigenvalue weighted by Gasteiger charge is -2.15. The third-order valence-electron chi connectivity index (χ3n) is 2.88. The molecule has 1 aromatic rings. The third-order valence-corrected chi connectivity index (χ3v) is 3.16. The van der Waals surface area contributed by atoms with E-state index in [0.717, 1.165) is 6.08 Å². The molecule has 0 aliphatic heterocycles. The van der Waals surface area contributed by atoms with Gasteiger partial charge in [-0.15, -0.1) is 0 Å². The summed E-state index contributed by atoms with van der Waals surface area (Å²) >= 11 is 6.20. The van der Waals surface area contributed by atoms with Crippen LogP contribution in [0.25, 0.3) is 6.08 Å². The smallest absolute Gasteiger partial charge is 0.413 e. The van der Waals surface area contributed by atoms with Crippen molar-refractivity contribution in [3.63, 3.8) is 0 Å². The van der Waals surface area contributed by atoms with Crippen molar-refractivity contribution in [2.45, 2.75) is 26.9 Å². The Hall–Kier alpha value is -2.74. The second-order valence-electron chi connectivity index (χ2n) is 5.41. The number of methoxy groups -OCH3 is 1. The highest BCUT2D eigenvalue weighted by Crippen LogP contribution is 2.37. The normalized spacial score (nSPS) is 10.6. The van der Waals surface area contributed by atoms with Crippen molar-refractivity contribution in [3.05, 3.63) is 28.8 Å². The molecule has 148 valence electrons. The first kappa shape index (κ1) is 22.3. The number of amides is 2. The Labute approximate surface area is 162 Å². The molecule has 0 saturated carbocycles. The average Bonchev–Trinajstić information content (AvgIpc) is 2.59. The second-order valence-corrected chi connectivity index (χ2v) is 5.82. The van der Waals surface area contributed by atoms with Gasteiger partial charge in [0.15, 0.2) is 18.1 Å². The van der Waals surface area contributed by atoms with Gasteiger partial charge in [0, 0.05) is 6.08 Å². The highest BCUT2D eigenvalue weighted by Gasteiger charge is 2.13. The highest BCUT2D eigenvalue weighted by molar-refractivity contribution is 6.32. The Morgan fingerprint density at radius 1 is 1.22 bits per heavy atom. The van der Waals surface area contributed by atoms with E-state index in [0.29, 0.717) is 22.1 Å². The van der Waals surface area contributed by atoms with Crippen LogP contribution in [0.1, 0.15) is 26.3 Å². The minimum atomic E-state index is -0.903. The van der Waals surface area contributed by atoms with Crippen LogP contribution in [0.5, 0.6) is 11.5 Å². The maximum atomic E-state index is 11.7. The van der Waals surface area contributed by atoms with Gasteiger partial charge in [-0.2, -0.15) is 0 Å². The molecule has 1 rings (SSSR count). The fraction of sp³-hybridized carbons (Fsp3) is 0.389. The van der Waals surface area contributed by atoms with Crippen molar-refractivity contribution in [3.8, 4) is 11.5 Å². The fourth-order valence-electron chi connectivity index (χ4n) is 1.85. The molecule has 27 heavy (non-hydrogen) atoms. The molecule has 1 N–H and O–H groups in total. The lowest BCUT2D eigenvalue weighted by molar-refractivity contribution is -0.143. The number of rotatable bonds is 8. The molecule has 9 heteroatoms. The quantitative estimate of drug-likeness (QED) is 0.529. The standard InChI is InChI=1S/C18H22ClNO7/c1-5-25-18(23)20-15(21)10-26-16(22)7-6-12-8-13(19)17(27-11(2)3)14(9-12)24-4/h6-9,11H,5,10H2,1-4H3,(H,20,21,23)/b7-6+. The molecule has 0 fully saturated rings. The van der Waals surface area contributed by atoms with Gasteiger partial charge in [-0.1, -0.05) is 11.6 Å². The van der Waals surface area contributed by atoms with Gasteiger partial charge in [0.2, 0.25) is 0 Å². The number of carbonyl (C=O) groups is 3. The van der Waals surface area contributed by atoms with E-state index < -0.39 is 24.6 Å². The summed E-state index contributed by atoms with van der Waals surface area (Å²) in [5, 5.41) is 2.23. The van der Waals surface area contributed by atoms with Crippen LogP contribution in [-0.4, -0.2) is 44.4 Å². The van der Waals surface area contributed by atoms with Crippen molar-refractivity contribution in [2.24, 2.45) is 0 Å². The van der Waals surface area contributed by atoms with E-state index in [-0.39, 0.29) is 12.7 Å². The van der Waals surface area contributed by atoms with Crippen LogP contribution in [-0.2, 0) is 19.1 Å². The van der Waals surface area contributed by atoms with Crippen LogP contribution in [0.2, 0.25) is 5.02 Å². The Kier molecular flexibility index (Phi) is 9.15. The Balaban J connectivity index is 2.68. The third kappa shape index (κ3) is 8.00. The van der Waals surface area contributed by atoms with Crippen LogP contribution >= 0.6 is 11.6 Å². The van der Waals surface area contributed by atoms with Crippen LogP contribution < -0.4 is 14.8 Å². The van der Waals surface area contributed by atoms with Gasteiger partial charge in [-0.3, -0.25) is 10.1 Å². The van der Waals surface area contributed by atoms with Crippen LogP contribution in [0.15, 0.2) is 18.2 Å². The second kappa shape index (κ2) is 11.1. The van der Waals surface area contributed by atoms with Crippen molar-refractivity contribution < 1.29 is 33.3 Å². The minimum Gasteiger partial charge on any atom is -0.493 e. The Morgan fingerprint density at radius 2 is 1.93 bits per heavy atom. The average molecular weight is 400 g/mol. The first-order chi connectivity index (χ1) is 12.8. The number of nitrogens with one attached hydrogen (secondary N) is 1. The molecule has 1 aromatic carbocycles.